The van der Waals surface area contributed by atoms with Gasteiger partial charge in [-0.2, -0.15) is 5.26 Å². The summed E-state index contributed by atoms with van der Waals surface area (Å²) in [4.78, 5) is 15.7. The molecule has 1 aromatic heterocycles. The third-order valence-electron chi connectivity index (χ3n) is 4.45. The third-order valence-corrected chi connectivity index (χ3v) is 4.45. The van der Waals surface area contributed by atoms with E-state index < -0.39 is 5.91 Å². The molecule has 6 heteroatoms. The van der Waals surface area contributed by atoms with Gasteiger partial charge in [-0.15, -0.1) is 0 Å². The molecule has 0 bridgehead atoms. The van der Waals surface area contributed by atoms with E-state index in [1.54, 1.807) is 18.2 Å². The van der Waals surface area contributed by atoms with Crippen molar-refractivity contribution in [1.82, 2.24) is 10.3 Å². The quantitative estimate of drug-likeness (QED) is 0.489. The first-order chi connectivity index (χ1) is 13.7. The molecule has 0 fully saturated rings. The fourth-order valence-corrected chi connectivity index (χ4v) is 3.07. The van der Waals surface area contributed by atoms with Gasteiger partial charge < -0.3 is 19.8 Å². The van der Waals surface area contributed by atoms with E-state index >= 15 is 0 Å². The SMILES string of the molecule is COc1cccc(/C=C(/C#N)C(=O)NCCc2c[nH]c3ccccc23)c1OC. The number of fused-ring (bicyclic) bond motifs is 1. The minimum absolute atomic E-state index is 0.00507. The zero-order chi connectivity index (χ0) is 19.9. The lowest BCUT2D eigenvalue weighted by molar-refractivity contribution is -0.117. The first kappa shape index (κ1) is 19.1. The summed E-state index contributed by atoms with van der Waals surface area (Å²) in [6, 6.07) is 15.3. The number of methoxy groups -OCH3 is 2. The number of nitrogens with zero attached hydrogens (tertiary/aromatic N) is 1. The van der Waals surface area contributed by atoms with Crippen molar-refractivity contribution >= 4 is 22.9 Å². The second-order valence-corrected chi connectivity index (χ2v) is 6.12. The molecule has 0 atom stereocenters. The van der Waals surface area contributed by atoms with Crippen LogP contribution >= 0.6 is 0 Å². The Morgan fingerprint density at radius 2 is 2.00 bits per heavy atom. The van der Waals surface area contributed by atoms with Gasteiger partial charge in [-0.25, -0.2) is 0 Å². The number of aromatic amines is 1. The molecule has 6 nitrogen and oxygen atoms in total. The van der Waals surface area contributed by atoms with Crippen molar-refractivity contribution < 1.29 is 14.3 Å². The van der Waals surface area contributed by atoms with Gasteiger partial charge in [0.2, 0.25) is 0 Å². The molecule has 0 aliphatic rings. The molecule has 0 aliphatic heterocycles. The molecule has 142 valence electrons. The molecular formula is C22H21N3O3. The van der Waals surface area contributed by atoms with E-state index in [0.29, 0.717) is 30.0 Å². The van der Waals surface area contributed by atoms with Crippen molar-refractivity contribution in [1.29, 1.82) is 5.26 Å². The summed E-state index contributed by atoms with van der Waals surface area (Å²) >= 11 is 0. The number of carbonyl (C=O) groups excluding carboxylic acids is 1. The highest BCUT2D eigenvalue weighted by Gasteiger charge is 2.13. The lowest BCUT2D eigenvalue weighted by atomic mass is 10.1. The number of aromatic nitrogens is 1. The molecule has 2 N–H and O–H groups in total. The third kappa shape index (κ3) is 3.99. The van der Waals surface area contributed by atoms with Gasteiger partial charge in [-0.3, -0.25) is 4.79 Å². The smallest absolute Gasteiger partial charge is 0.261 e. The van der Waals surface area contributed by atoms with Crippen LogP contribution in [0.2, 0.25) is 0 Å². The van der Waals surface area contributed by atoms with Gasteiger partial charge in [0.05, 0.1) is 14.2 Å². The number of hydrogen-bond acceptors (Lipinski definition) is 4. The summed E-state index contributed by atoms with van der Waals surface area (Å²) in [6.07, 6.45) is 4.11. The molecule has 0 spiro atoms. The van der Waals surface area contributed by atoms with E-state index in [4.69, 9.17) is 9.47 Å². The van der Waals surface area contributed by atoms with Crippen LogP contribution in [-0.4, -0.2) is 31.7 Å². The molecule has 1 heterocycles. The molecule has 0 radical (unpaired) electrons. The number of benzene rings is 2. The van der Waals surface area contributed by atoms with Crippen LogP contribution in [-0.2, 0) is 11.2 Å². The molecule has 3 rings (SSSR count). The maximum Gasteiger partial charge on any atom is 0.261 e. The van der Waals surface area contributed by atoms with Gasteiger partial charge in [0.15, 0.2) is 11.5 Å². The number of hydrogen-bond donors (Lipinski definition) is 2. The van der Waals surface area contributed by atoms with Crippen LogP contribution in [0.25, 0.3) is 17.0 Å². The topological polar surface area (TPSA) is 87.1 Å². The molecule has 0 saturated heterocycles. The summed E-state index contributed by atoms with van der Waals surface area (Å²) < 4.78 is 10.6. The highest BCUT2D eigenvalue weighted by Crippen LogP contribution is 2.32. The zero-order valence-corrected chi connectivity index (χ0v) is 15.8. The highest BCUT2D eigenvalue weighted by atomic mass is 16.5. The van der Waals surface area contributed by atoms with Crippen molar-refractivity contribution in [2.24, 2.45) is 0 Å². The van der Waals surface area contributed by atoms with E-state index in [2.05, 4.69) is 10.3 Å². The summed E-state index contributed by atoms with van der Waals surface area (Å²) in [5.74, 6) is 0.588. The van der Waals surface area contributed by atoms with Crippen LogP contribution in [0.15, 0.2) is 54.2 Å². The zero-order valence-electron chi connectivity index (χ0n) is 15.8. The van der Waals surface area contributed by atoms with Gasteiger partial charge in [-0.1, -0.05) is 30.3 Å². The van der Waals surface area contributed by atoms with Crippen molar-refractivity contribution in [2.45, 2.75) is 6.42 Å². The van der Waals surface area contributed by atoms with Crippen molar-refractivity contribution in [3.63, 3.8) is 0 Å². The molecular weight excluding hydrogens is 354 g/mol. The average molecular weight is 375 g/mol. The lowest BCUT2D eigenvalue weighted by Crippen LogP contribution is -2.26. The summed E-state index contributed by atoms with van der Waals surface area (Å²) in [7, 11) is 3.05. The fourth-order valence-electron chi connectivity index (χ4n) is 3.07. The number of para-hydroxylation sites is 2. The van der Waals surface area contributed by atoms with Crippen LogP contribution in [0.1, 0.15) is 11.1 Å². The Kier molecular flexibility index (Phi) is 5.97. The van der Waals surface area contributed by atoms with Crippen LogP contribution in [0.5, 0.6) is 11.5 Å². The molecule has 3 aromatic rings. The maximum atomic E-state index is 12.4. The van der Waals surface area contributed by atoms with E-state index in [9.17, 15) is 10.1 Å². The molecule has 0 saturated carbocycles. The van der Waals surface area contributed by atoms with Crippen LogP contribution < -0.4 is 14.8 Å². The minimum atomic E-state index is -0.424. The van der Waals surface area contributed by atoms with Crippen molar-refractivity contribution in [3.05, 3.63) is 65.4 Å². The Morgan fingerprint density at radius 3 is 2.75 bits per heavy atom. The highest BCUT2D eigenvalue weighted by molar-refractivity contribution is 6.02. The Balaban J connectivity index is 1.70. The largest absolute Gasteiger partial charge is 0.493 e. The van der Waals surface area contributed by atoms with Crippen LogP contribution in [0, 0.1) is 11.3 Å². The van der Waals surface area contributed by atoms with Crippen LogP contribution in [0.3, 0.4) is 0 Å². The minimum Gasteiger partial charge on any atom is -0.493 e. The first-order valence-corrected chi connectivity index (χ1v) is 8.84. The van der Waals surface area contributed by atoms with Gasteiger partial charge in [-0.05, 0) is 30.2 Å². The predicted molar refractivity (Wildman–Crippen MR) is 108 cm³/mol. The number of nitriles is 1. The van der Waals surface area contributed by atoms with E-state index in [0.717, 1.165) is 16.5 Å². The Morgan fingerprint density at radius 1 is 1.18 bits per heavy atom. The van der Waals surface area contributed by atoms with Crippen molar-refractivity contribution in [3.8, 4) is 17.6 Å². The fraction of sp³-hybridized carbons (Fsp3) is 0.182. The molecule has 0 unspecified atom stereocenters. The molecule has 0 aliphatic carbocycles. The lowest BCUT2D eigenvalue weighted by Gasteiger charge is -2.10. The monoisotopic (exact) mass is 375 g/mol. The summed E-state index contributed by atoms with van der Waals surface area (Å²) in [5.41, 5.74) is 2.79. The van der Waals surface area contributed by atoms with Crippen molar-refractivity contribution in [2.75, 3.05) is 20.8 Å². The predicted octanol–water partition coefficient (Wildman–Crippen LogP) is 3.45. The number of nitrogens with one attached hydrogen (secondary N) is 2. The van der Waals surface area contributed by atoms with Gasteiger partial charge in [0, 0.05) is 29.2 Å². The molecule has 28 heavy (non-hydrogen) atoms. The van der Waals surface area contributed by atoms with E-state index in [1.165, 1.54) is 20.3 Å². The van der Waals surface area contributed by atoms with E-state index in [1.807, 2.05) is 36.5 Å². The van der Waals surface area contributed by atoms with Gasteiger partial charge in [0.25, 0.3) is 5.91 Å². The number of carbonyl (C=O) groups is 1. The van der Waals surface area contributed by atoms with Gasteiger partial charge >= 0.3 is 0 Å². The first-order valence-electron chi connectivity index (χ1n) is 8.84. The van der Waals surface area contributed by atoms with Crippen LogP contribution in [0.4, 0.5) is 0 Å². The standard InChI is InChI=1S/C22H21N3O3/c1-27-20-9-5-6-15(21(20)28-2)12-17(13-23)22(26)24-11-10-16-14-25-19-8-4-3-7-18(16)19/h3-9,12,14,25H,10-11H2,1-2H3,(H,24,26)/b17-12-. The van der Waals surface area contributed by atoms with E-state index in [-0.39, 0.29) is 5.57 Å². The number of rotatable bonds is 7. The van der Waals surface area contributed by atoms with Gasteiger partial charge in [0.1, 0.15) is 11.6 Å². The summed E-state index contributed by atoms with van der Waals surface area (Å²) in [6.45, 7) is 0.426. The Bertz CT molecular complexity index is 1060. The second-order valence-electron chi connectivity index (χ2n) is 6.12. The Labute approximate surface area is 163 Å². The normalized spacial score (nSPS) is 11.1. The average Bonchev–Trinajstić information content (AvgIpc) is 3.14. The Hall–Kier alpha value is -3.72. The number of H-pyrrole nitrogens is 1. The second kappa shape index (κ2) is 8.78. The molecule has 1 amide bonds. The number of amides is 1. The molecule has 2 aromatic carbocycles. The maximum absolute atomic E-state index is 12.4. The number of ether oxygens (including phenoxy) is 2. The summed E-state index contributed by atoms with van der Waals surface area (Å²) in [5, 5.41) is 13.4.